The molecule has 0 bridgehead atoms. The molecule has 1 saturated carbocycles. The quantitative estimate of drug-likeness (QED) is 0.812. The Morgan fingerprint density at radius 2 is 2.00 bits per heavy atom. The van der Waals surface area contributed by atoms with Crippen molar-refractivity contribution in [3.8, 4) is 0 Å². The molecule has 3 heteroatoms. The Morgan fingerprint density at radius 1 is 1.26 bits per heavy atom. The van der Waals surface area contributed by atoms with Crippen LogP contribution in [0.4, 0.5) is 0 Å². The number of aromatic nitrogens is 1. The monoisotopic (exact) mass is 280 g/mol. The highest BCUT2D eigenvalue weighted by atomic mass is 32.1. The maximum Gasteiger partial charge on any atom is 0.110 e. The lowest BCUT2D eigenvalue weighted by Gasteiger charge is -2.26. The summed E-state index contributed by atoms with van der Waals surface area (Å²) in [7, 11) is 0. The van der Waals surface area contributed by atoms with Crippen molar-refractivity contribution < 1.29 is 0 Å². The molecular weight excluding hydrogens is 252 g/mol. The molecule has 1 aromatic rings. The number of thiazole rings is 1. The van der Waals surface area contributed by atoms with E-state index in [1.807, 2.05) is 11.3 Å². The van der Waals surface area contributed by atoms with Crippen molar-refractivity contribution in [3.05, 3.63) is 15.6 Å². The Hall–Kier alpha value is -0.410. The zero-order valence-corrected chi connectivity index (χ0v) is 13.5. The van der Waals surface area contributed by atoms with E-state index in [0.717, 1.165) is 12.5 Å². The summed E-state index contributed by atoms with van der Waals surface area (Å²) in [5.74, 6) is 0.910. The van der Waals surface area contributed by atoms with Gasteiger partial charge in [-0.1, -0.05) is 39.0 Å². The number of aryl methyl sites for hydroxylation is 2. The molecule has 1 N–H and O–H groups in total. The lowest BCUT2D eigenvalue weighted by molar-refractivity contribution is 0.299. The Bertz CT molecular complexity index is 361. The second-order valence-electron chi connectivity index (χ2n) is 5.94. The van der Waals surface area contributed by atoms with Gasteiger partial charge in [-0.15, -0.1) is 11.3 Å². The summed E-state index contributed by atoms with van der Waals surface area (Å²) in [4.78, 5) is 6.16. The van der Waals surface area contributed by atoms with Crippen molar-refractivity contribution in [1.29, 1.82) is 0 Å². The summed E-state index contributed by atoms with van der Waals surface area (Å²) in [5, 5.41) is 5.04. The van der Waals surface area contributed by atoms with Gasteiger partial charge in [-0.25, -0.2) is 4.98 Å². The average molecular weight is 280 g/mol. The van der Waals surface area contributed by atoms with E-state index in [2.05, 4.69) is 26.1 Å². The van der Waals surface area contributed by atoms with Crippen LogP contribution in [-0.4, -0.2) is 11.5 Å². The van der Waals surface area contributed by atoms with Gasteiger partial charge in [0, 0.05) is 4.88 Å². The van der Waals surface area contributed by atoms with Crippen molar-refractivity contribution in [1.82, 2.24) is 10.3 Å². The first-order chi connectivity index (χ1) is 9.20. The van der Waals surface area contributed by atoms with E-state index in [9.17, 15) is 0 Å². The van der Waals surface area contributed by atoms with Crippen LogP contribution in [0.3, 0.4) is 0 Å². The van der Waals surface area contributed by atoms with Gasteiger partial charge in [0.2, 0.25) is 0 Å². The van der Waals surface area contributed by atoms with E-state index in [0.29, 0.717) is 6.04 Å². The second-order valence-corrected chi connectivity index (χ2v) is 7.17. The molecule has 1 aliphatic carbocycles. The maximum atomic E-state index is 4.78. The fraction of sp³-hybridized carbons (Fsp3) is 0.812. The molecule has 0 aromatic carbocycles. The van der Waals surface area contributed by atoms with Crippen LogP contribution in [0.5, 0.6) is 0 Å². The van der Waals surface area contributed by atoms with Gasteiger partial charge in [-0.05, 0) is 39.2 Å². The Labute approximate surface area is 122 Å². The lowest BCUT2D eigenvalue weighted by atomic mass is 9.85. The standard InChI is InChI=1S/C16H28N2S/c1-4-10-17-15(11-14-8-6-5-7-9-14)16-18-12(2)13(3)19-16/h14-15,17H,4-11H2,1-3H3. The molecule has 0 saturated heterocycles. The fourth-order valence-electron chi connectivity index (χ4n) is 2.99. The number of rotatable bonds is 6. The Morgan fingerprint density at radius 3 is 2.58 bits per heavy atom. The lowest BCUT2D eigenvalue weighted by Crippen LogP contribution is -2.25. The van der Waals surface area contributed by atoms with Crippen molar-refractivity contribution >= 4 is 11.3 Å². The highest BCUT2D eigenvalue weighted by molar-refractivity contribution is 7.11. The van der Waals surface area contributed by atoms with Crippen LogP contribution >= 0.6 is 11.3 Å². The van der Waals surface area contributed by atoms with Crippen LogP contribution in [0.1, 0.15) is 73.5 Å². The summed E-state index contributed by atoms with van der Waals surface area (Å²) in [6, 6.07) is 0.487. The van der Waals surface area contributed by atoms with E-state index in [4.69, 9.17) is 4.98 Å². The molecular formula is C16H28N2S. The maximum absolute atomic E-state index is 4.78. The molecule has 1 aliphatic rings. The highest BCUT2D eigenvalue weighted by Crippen LogP contribution is 2.33. The summed E-state index contributed by atoms with van der Waals surface area (Å²) < 4.78 is 0. The number of nitrogens with zero attached hydrogens (tertiary/aromatic N) is 1. The molecule has 1 atom stereocenters. The molecule has 0 radical (unpaired) electrons. The fourth-order valence-corrected chi connectivity index (χ4v) is 4.00. The molecule has 1 fully saturated rings. The molecule has 1 heterocycles. The predicted molar refractivity (Wildman–Crippen MR) is 83.8 cm³/mol. The van der Waals surface area contributed by atoms with Crippen LogP contribution in [-0.2, 0) is 0 Å². The minimum Gasteiger partial charge on any atom is -0.308 e. The molecule has 1 aromatic heterocycles. The molecule has 19 heavy (non-hydrogen) atoms. The predicted octanol–water partition coefficient (Wildman–Crippen LogP) is 4.77. The SMILES string of the molecule is CCCNC(CC1CCCCC1)c1nc(C)c(C)s1. The first-order valence-electron chi connectivity index (χ1n) is 7.88. The molecule has 0 spiro atoms. The van der Waals surface area contributed by atoms with Crippen LogP contribution in [0.15, 0.2) is 0 Å². The topological polar surface area (TPSA) is 24.9 Å². The summed E-state index contributed by atoms with van der Waals surface area (Å²) in [5.41, 5.74) is 1.21. The number of nitrogens with one attached hydrogen (secondary N) is 1. The van der Waals surface area contributed by atoms with Gasteiger partial charge >= 0.3 is 0 Å². The average Bonchev–Trinajstić information content (AvgIpc) is 2.76. The van der Waals surface area contributed by atoms with E-state index in [-0.39, 0.29) is 0 Å². The van der Waals surface area contributed by atoms with Crippen LogP contribution < -0.4 is 5.32 Å². The number of hydrogen-bond acceptors (Lipinski definition) is 3. The molecule has 1 unspecified atom stereocenters. The van der Waals surface area contributed by atoms with Gasteiger partial charge in [0.1, 0.15) is 5.01 Å². The third-order valence-electron chi connectivity index (χ3n) is 4.28. The van der Waals surface area contributed by atoms with Gasteiger partial charge in [0.05, 0.1) is 11.7 Å². The molecule has 0 aliphatic heterocycles. The van der Waals surface area contributed by atoms with Crippen LogP contribution in [0.2, 0.25) is 0 Å². The van der Waals surface area contributed by atoms with Crippen LogP contribution in [0, 0.1) is 19.8 Å². The normalized spacial score (nSPS) is 18.7. The highest BCUT2D eigenvalue weighted by Gasteiger charge is 2.22. The molecule has 0 amide bonds. The van der Waals surface area contributed by atoms with Crippen molar-refractivity contribution in [2.45, 2.75) is 71.8 Å². The van der Waals surface area contributed by atoms with Crippen LogP contribution in [0.25, 0.3) is 0 Å². The number of hydrogen-bond donors (Lipinski definition) is 1. The van der Waals surface area contributed by atoms with Crippen molar-refractivity contribution in [2.24, 2.45) is 5.92 Å². The van der Waals surface area contributed by atoms with Gasteiger partial charge in [-0.2, -0.15) is 0 Å². The smallest absolute Gasteiger partial charge is 0.110 e. The Balaban J connectivity index is 2.01. The summed E-state index contributed by atoms with van der Waals surface area (Å²) >= 11 is 1.89. The Kier molecular flexibility index (Phi) is 5.83. The van der Waals surface area contributed by atoms with Crippen molar-refractivity contribution in [2.75, 3.05) is 6.54 Å². The first-order valence-corrected chi connectivity index (χ1v) is 8.69. The molecule has 2 rings (SSSR count). The van der Waals surface area contributed by atoms with Gasteiger partial charge in [0.25, 0.3) is 0 Å². The largest absolute Gasteiger partial charge is 0.308 e. The van der Waals surface area contributed by atoms with Crippen molar-refractivity contribution in [3.63, 3.8) is 0 Å². The minimum absolute atomic E-state index is 0.487. The summed E-state index contributed by atoms with van der Waals surface area (Å²) in [6.07, 6.45) is 9.64. The molecule has 108 valence electrons. The van der Waals surface area contributed by atoms with E-state index >= 15 is 0 Å². The van der Waals surface area contributed by atoms with Gasteiger partial charge < -0.3 is 5.32 Å². The third kappa shape index (κ3) is 4.28. The van der Waals surface area contributed by atoms with Gasteiger partial charge in [-0.3, -0.25) is 0 Å². The van der Waals surface area contributed by atoms with Gasteiger partial charge in [0.15, 0.2) is 0 Å². The van der Waals surface area contributed by atoms with E-state index in [1.165, 1.54) is 60.5 Å². The van der Waals surface area contributed by atoms with E-state index < -0.39 is 0 Å². The first kappa shape index (κ1) is 15.0. The third-order valence-corrected chi connectivity index (χ3v) is 5.46. The summed E-state index contributed by atoms with van der Waals surface area (Å²) in [6.45, 7) is 7.67. The minimum atomic E-state index is 0.487. The zero-order valence-electron chi connectivity index (χ0n) is 12.7. The van der Waals surface area contributed by atoms with E-state index in [1.54, 1.807) is 0 Å². The zero-order chi connectivity index (χ0) is 13.7. The second kappa shape index (κ2) is 7.39. The molecule has 2 nitrogen and oxygen atoms in total.